The Hall–Kier alpha value is -3.47. The second-order valence-corrected chi connectivity index (χ2v) is 10.6. The highest BCUT2D eigenvalue weighted by atomic mass is 32.2. The van der Waals surface area contributed by atoms with Crippen LogP contribution in [0.5, 0.6) is 0 Å². The van der Waals surface area contributed by atoms with Crippen molar-refractivity contribution in [1.82, 2.24) is 19.2 Å². The fourth-order valence-electron chi connectivity index (χ4n) is 3.28. The number of hydrogen-bond acceptors (Lipinski definition) is 6. The number of hydrogen-bond donors (Lipinski definition) is 1. The van der Waals surface area contributed by atoms with E-state index in [-0.39, 0.29) is 16.2 Å². The van der Waals surface area contributed by atoms with Crippen LogP contribution in [0.4, 0.5) is 0 Å². The molecule has 4 aromatic rings. The summed E-state index contributed by atoms with van der Waals surface area (Å²) < 4.78 is 27.4. The molecule has 1 heterocycles. The highest BCUT2D eigenvalue weighted by Crippen LogP contribution is 2.27. The number of rotatable bonds is 7. The van der Waals surface area contributed by atoms with Crippen molar-refractivity contribution in [2.75, 3.05) is 19.8 Å². The second kappa shape index (κ2) is 9.80. The number of thioether (sulfide) groups is 1. The van der Waals surface area contributed by atoms with Gasteiger partial charge in [0.2, 0.25) is 15.9 Å². The number of benzene rings is 3. The van der Waals surface area contributed by atoms with Crippen LogP contribution in [-0.4, -0.2) is 53.9 Å². The van der Waals surface area contributed by atoms with E-state index < -0.39 is 21.8 Å². The summed E-state index contributed by atoms with van der Waals surface area (Å²) in [6.45, 7) is 0. The molecule has 0 unspecified atom stereocenters. The predicted molar refractivity (Wildman–Crippen MR) is 132 cm³/mol. The largest absolute Gasteiger partial charge is 0.292 e. The van der Waals surface area contributed by atoms with E-state index in [9.17, 15) is 18.0 Å². The molecule has 0 saturated carbocycles. The summed E-state index contributed by atoms with van der Waals surface area (Å²) in [7, 11) is -0.740. The molecule has 8 nitrogen and oxygen atoms in total. The molecular formula is C24H22N4O4S2. The number of carbonyl (C=O) groups excluding carboxylic acids is 2. The molecule has 0 spiro atoms. The molecule has 10 heteroatoms. The first-order chi connectivity index (χ1) is 16.3. The van der Waals surface area contributed by atoms with Gasteiger partial charge in [0.05, 0.1) is 21.7 Å². The van der Waals surface area contributed by atoms with Gasteiger partial charge in [0.25, 0.3) is 5.91 Å². The van der Waals surface area contributed by atoms with Crippen molar-refractivity contribution in [3.8, 4) is 5.69 Å². The average Bonchev–Trinajstić information content (AvgIpc) is 3.21. The van der Waals surface area contributed by atoms with Gasteiger partial charge in [-0.3, -0.25) is 19.5 Å². The summed E-state index contributed by atoms with van der Waals surface area (Å²) in [5.74, 6) is -1.10. The van der Waals surface area contributed by atoms with E-state index in [1.807, 2.05) is 59.2 Å². The fraction of sp³-hybridized carbons (Fsp3) is 0.125. The van der Waals surface area contributed by atoms with Gasteiger partial charge in [-0.2, -0.15) is 0 Å². The molecule has 0 aliphatic rings. The maximum Gasteiger partial charge on any atom is 0.257 e. The van der Waals surface area contributed by atoms with Gasteiger partial charge in [-0.1, -0.05) is 42.1 Å². The first kappa shape index (κ1) is 23.7. The molecule has 1 aromatic heterocycles. The Morgan fingerprint density at radius 3 is 2.26 bits per heavy atom. The molecule has 174 valence electrons. The highest BCUT2D eigenvalue weighted by molar-refractivity contribution is 7.99. The van der Waals surface area contributed by atoms with E-state index in [4.69, 9.17) is 0 Å². The summed E-state index contributed by atoms with van der Waals surface area (Å²) in [6, 6.07) is 22.8. The summed E-state index contributed by atoms with van der Waals surface area (Å²) in [6.07, 6.45) is 0. The molecular weight excluding hydrogens is 472 g/mol. The molecule has 1 N–H and O–H groups in total. The van der Waals surface area contributed by atoms with Crippen LogP contribution in [0.15, 0.2) is 88.9 Å². The molecule has 0 aliphatic heterocycles. The first-order valence-electron chi connectivity index (χ1n) is 10.3. The third kappa shape index (κ3) is 4.89. The number of imidazole rings is 1. The van der Waals surface area contributed by atoms with Crippen LogP contribution in [-0.2, 0) is 14.8 Å². The van der Waals surface area contributed by atoms with Gasteiger partial charge in [-0.25, -0.2) is 17.7 Å². The minimum atomic E-state index is -3.60. The summed E-state index contributed by atoms with van der Waals surface area (Å²) in [4.78, 5) is 29.7. The zero-order valence-corrected chi connectivity index (χ0v) is 20.1. The lowest BCUT2D eigenvalue weighted by Crippen LogP contribution is -2.32. The second-order valence-electron chi connectivity index (χ2n) is 7.53. The lowest BCUT2D eigenvalue weighted by Gasteiger charge is -2.11. The Balaban J connectivity index is 1.46. The summed E-state index contributed by atoms with van der Waals surface area (Å²) >= 11 is 1.22. The Kier molecular flexibility index (Phi) is 6.82. The first-order valence-corrected chi connectivity index (χ1v) is 12.7. The Morgan fingerprint density at radius 1 is 0.941 bits per heavy atom. The lowest BCUT2D eigenvalue weighted by molar-refractivity contribution is -0.117. The van der Waals surface area contributed by atoms with Gasteiger partial charge in [0.1, 0.15) is 0 Å². The molecule has 4 rings (SSSR count). The van der Waals surface area contributed by atoms with Crippen LogP contribution in [0.3, 0.4) is 0 Å². The molecule has 0 saturated heterocycles. The Morgan fingerprint density at radius 2 is 1.59 bits per heavy atom. The van der Waals surface area contributed by atoms with Crippen LogP contribution in [0.25, 0.3) is 16.7 Å². The van der Waals surface area contributed by atoms with Crippen molar-refractivity contribution in [1.29, 1.82) is 0 Å². The van der Waals surface area contributed by atoms with Gasteiger partial charge < -0.3 is 0 Å². The lowest BCUT2D eigenvalue weighted by atomic mass is 10.2. The van der Waals surface area contributed by atoms with E-state index in [1.165, 1.54) is 50.1 Å². The quantitative estimate of drug-likeness (QED) is 0.396. The minimum absolute atomic E-state index is 0.0189. The smallest absolute Gasteiger partial charge is 0.257 e. The van der Waals surface area contributed by atoms with E-state index in [0.29, 0.717) is 5.16 Å². The predicted octanol–water partition coefficient (Wildman–Crippen LogP) is 3.32. The topological polar surface area (TPSA) is 101 Å². The normalized spacial score (nSPS) is 11.6. The number of para-hydroxylation sites is 3. The maximum absolute atomic E-state index is 12.5. The zero-order valence-electron chi connectivity index (χ0n) is 18.5. The van der Waals surface area contributed by atoms with Gasteiger partial charge in [0.15, 0.2) is 5.16 Å². The fourth-order valence-corrected chi connectivity index (χ4v) is 5.01. The molecule has 0 atom stereocenters. The van der Waals surface area contributed by atoms with Crippen molar-refractivity contribution in [2.45, 2.75) is 10.1 Å². The highest BCUT2D eigenvalue weighted by Gasteiger charge is 2.19. The van der Waals surface area contributed by atoms with Gasteiger partial charge in [-0.15, -0.1) is 0 Å². The number of amides is 2. The number of carbonyl (C=O) groups is 2. The number of aromatic nitrogens is 2. The van der Waals surface area contributed by atoms with Gasteiger partial charge >= 0.3 is 0 Å². The molecule has 0 aliphatic carbocycles. The average molecular weight is 495 g/mol. The number of imide groups is 1. The number of fused-ring (bicyclic) bond motifs is 1. The van der Waals surface area contributed by atoms with E-state index in [0.717, 1.165) is 21.0 Å². The molecule has 0 bridgehead atoms. The van der Waals surface area contributed by atoms with E-state index >= 15 is 0 Å². The molecule has 2 amide bonds. The van der Waals surface area contributed by atoms with Crippen molar-refractivity contribution in [2.24, 2.45) is 0 Å². The van der Waals surface area contributed by atoms with E-state index in [1.54, 1.807) is 0 Å². The number of nitrogens with one attached hydrogen (secondary N) is 1. The molecule has 0 radical (unpaired) electrons. The van der Waals surface area contributed by atoms with Gasteiger partial charge in [-0.05, 0) is 48.5 Å². The SMILES string of the molecule is CN(C)S(=O)(=O)c1ccc(C(=O)NC(=O)CSc2nc3ccccc3n2-c2ccccc2)cc1. The zero-order chi connectivity index (χ0) is 24.3. The standard InChI is InChI=1S/C24H22N4O4S2/c1-27(2)34(31,32)19-14-12-17(13-15-19)23(30)26-22(29)16-33-24-25-20-10-6-7-11-21(20)28(24)18-8-4-3-5-9-18/h3-15H,16H2,1-2H3,(H,26,29,30). The number of sulfonamides is 1. The Bertz CT molecular complexity index is 1450. The van der Waals surface area contributed by atoms with Crippen LogP contribution in [0.2, 0.25) is 0 Å². The van der Waals surface area contributed by atoms with Gasteiger partial charge in [0, 0.05) is 25.3 Å². The van der Waals surface area contributed by atoms with Crippen molar-refractivity contribution < 1.29 is 18.0 Å². The molecule has 34 heavy (non-hydrogen) atoms. The summed E-state index contributed by atoms with van der Waals surface area (Å²) in [5, 5.41) is 2.98. The van der Waals surface area contributed by atoms with E-state index in [2.05, 4.69) is 10.3 Å². The molecule has 3 aromatic carbocycles. The van der Waals surface area contributed by atoms with Crippen LogP contribution >= 0.6 is 11.8 Å². The van der Waals surface area contributed by atoms with Crippen LogP contribution < -0.4 is 5.32 Å². The third-order valence-corrected chi connectivity index (χ3v) is 7.79. The maximum atomic E-state index is 12.5. The number of nitrogens with zero attached hydrogens (tertiary/aromatic N) is 3. The third-order valence-electron chi connectivity index (χ3n) is 5.02. The van der Waals surface area contributed by atoms with Crippen LogP contribution in [0.1, 0.15) is 10.4 Å². The van der Waals surface area contributed by atoms with Crippen LogP contribution in [0, 0.1) is 0 Å². The van der Waals surface area contributed by atoms with Crippen molar-refractivity contribution in [3.63, 3.8) is 0 Å². The monoisotopic (exact) mass is 494 g/mol. The van der Waals surface area contributed by atoms with Crippen molar-refractivity contribution >= 4 is 44.6 Å². The summed E-state index contributed by atoms with van der Waals surface area (Å²) in [5.41, 5.74) is 2.83. The Labute approximate surface area is 201 Å². The minimum Gasteiger partial charge on any atom is -0.292 e. The molecule has 0 fully saturated rings. The van der Waals surface area contributed by atoms with Crippen molar-refractivity contribution in [3.05, 3.63) is 84.4 Å².